The van der Waals surface area contributed by atoms with Gasteiger partial charge in [-0.3, -0.25) is 9.59 Å². The zero-order valence-corrected chi connectivity index (χ0v) is 18.0. The van der Waals surface area contributed by atoms with E-state index in [1.807, 2.05) is 37.3 Å². The van der Waals surface area contributed by atoms with Gasteiger partial charge in [-0.1, -0.05) is 42.5 Å². The van der Waals surface area contributed by atoms with E-state index in [-0.39, 0.29) is 18.7 Å². The standard InChI is InChI=1S/C24H20FN3O3S/c1-14-21(15-7-3-2-4-8-15)22(23(26)30)24(32-14)28-19(29)11-12-20-27-13-18(31-20)16-9-5-6-10-17(16)25/h2-10,13H,11-12H2,1H3,(H2,26,30)(H,28,29). The maximum atomic E-state index is 13.9. The molecule has 6 nitrogen and oxygen atoms in total. The molecule has 0 aliphatic carbocycles. The molecule has 0 radical (unpaired) electrons. The minimum Gasteiger partial charge on any atom is -0.441 e. The van der Waals surface area contributed by atoms with Crippen molar-refractivity contribution in [1.29, 1.82) is 0 Å². The Labute approximate surface area is 187 Å². The second kappa shape index (κ2) is 9.15. The number of nitrogens with two attached hydrogens (primary N) is 1. The predicted octanol–water partition coefficient (Wildman–Crippen LogP) is 5.19. The third-order valence-corrected chi connectivity index (χ3v) is 5.93. The molecule has 0 aliphatic rings. The lowest BCUT2D eigenvalue weighted by atomic mass is 10.0. The zero-order valence-electron chi connectivity index (χ0n) is 17.2. The van der Waals surface area contributed by atoms with Crippen LogP contribution in [0.5, 0.6) is 0 Å². The Morgan fingerprint density at radius 3 is 2.56 bits per heavy atom. The van der Waals surface area contributed by atoms with Crippen molar-refractivity contribution in [3.8, 4) is 22.5 Å². The van der Waals surface area contributed by atoms with Crippen LogP contribution in [0.4, 0.5) is 9.39 Å². The molecule has 2 aromatic carbocycles. The number of carbonyl (C=O) groups excluding carboxylic acids is 2. The van der Waals surface area contributed by atoms with Gasteiger partial charge in [-0.15, -0.1) is 11.3 Å². The van der Waals surface area contributed by atoms with Crippen molar-refractivity contribution < 1.29 is 18.4 Å². The molecule has 0 spiro atoms. The predicted molar refractivity (Wildman–Crippen MR) is 122 cm³/mol. The number of hydrogen-bond donors (Lipinski definition) is 2. The van der Waals surface area contributed by atoms with E-state index < -0.39 is 11.7 Å². The fourth-order valence-electron chi connectivity index (χ4n) is 3.44. The summed E-state index contributed by atoms with van der Waals surface area (Å²) in [6, 6.07) is 15.7. The first-order valence-corrected chi connectivity index (χ1v) is 10.7. The number of hydrogen-bond acceptors (Lipinski definition) is 5. The number of rotatable bonds is 7. The van der Waals surface area contributed by atoms with E-state index in [0.29, 0.717) is 27.8 Å². The van der Waals surface area contributed by atoms with Crippen LogP contribution in [0.2, 0.25) is 0 Å². The molecule has 2 amide bonds. The highest BCUT2D eigenvalue weighted by molar-refractivity contribution is 7.17. The van der Waals surface area contributed by atoms with Gasteiger partial charge in [0.1, 0.15) is 10.8 Å². The summed E-state index contributed by atoms with van der Waals surface area (Å²) in [6.07, 6.45) is 1.74. The minimum absolute atomic E-state index is 0.0764. The number of aryl methyl sites for hydroxylation is 2. The highest BCUT2D eigenvalue weighted by Crippen LogP contribution is 2.39. The van der Waals surface area contributed by atoms with Gasteiger partial charge in [0.05, 0.1) is 17.3 Å². The van der Waals surface area contributed by atoms with Crippen LogP contribution in [-0.2, 0) is 11.2 Å². The van der Waals surface area contributed by atoms with E-state index in [1.165, 1.54) is 23.6 Å². The molecule has 4 rings (SSSR count). The topological polar surface area (TPSA) is 98.2 Å². The average molecular weight is 450 g/mol. The molecule has 0 atom stereocenters. The summed E-state index contributed by atoms with van der Waals surface area (Å²) in [7, 11) is 0. The molecule has 0 unspecified atom stereocenters. The smallest absolute Gasteiger partial charge is 0.252 e. The first-order valence-electron chi connectivity index (χ1n) is 9.92. The molecule has 0 saturated carbocycles. The normalized spacial score (nSPS) is 10.8. The lowest BCUT2D eigenvalue weighted by Gasteiger charge is -2.06. The number of thiophene rings is 1. The van der Waals surface area contributed by atoms with Crippen molar-refractivity contribution in [1.82, 2.24) is 4.98 Å². The largest absolute Gasteiger partial charge is 0.441 e. The lowest BCUT2D eigenvalue weighted by Crippen LogP contribution is -2.17. The van der Waals surface area contributed by atoms with Crippen LogP contribution in [0.25, 0.3) is 22.5 Å². The van der Waals surface area contributed by atoms with Gasteiger partial charge >= 0.3 is 0 Å². The van der Waals surface area contributed by atoms with Crippen molar-refractivity contribution in [3.05, 3.63) is 82.9 Å². The van der Waals surface area contributed by atoms with Crippen LogP contribution in [0.1, 0.15) is 27.5 Å². The van der Waals surface area contributed by atoms with Crippen molar-refractivity contribution in [2.75, 3.05) is 5.32 Å². The number of nitrogens with zero attached hydrogens (tertiary/aromatic N) is 1. The van der Waals surface area contributed by atoms with Gasteiger partial charge in [0, 0.05) is 23.3 Å². The molecule has 2 aromatic heterocycles. The molecule has 0 saturated heterocycles. The third kappa shape index (κ3) is 4.45. The Bertz CT molecular complexity index is 1280. The summed E-state index contributed by atoms with van der Waals surface area (Å²) in [5.41, 5.74) is 7.82. The van der Waals surface area contributed by atoms with E-state index in [9.17, 15) is 14.0 Å². The molecular weight excluding hydrogens is 429 g/mol. The summed E-state index contributed by atoms with van der Waals surface area (Å²) in [5.74, 6) is -0.698. The number of benzene rings is 2. The van der Waals surface area contributed by atoms with Crippen molar-refractivity contribution in [3.63, 3.8) is 0 Å². The number of aromatic nitrogens is 1. The average Bonchev–Trinajstić information content (AvgIpc) is 3.37. The van der Waals surface area contributed by atoms with Gasteiger partial charge in [0.25, 0.3) is 5.91 Å². The third-order valence-electron chi connectivity index (χ3n) is 4.90. The molecule has 4 aromatic rings. The maximum absolute atomic E-state index is 13.9. The molecule has 0 fully saturated rings. The molecule has 162 valence electrons. The quantitative estimate of drug-likeness (QED) is 0.406. The minimum atomic E-state index is -0.606. The number of carbonyl (C=O) groups is 2. The Morgan fingerprint density at radius 2 is 1.84 bits per heavy atom. The van der Waals surface area contributed by atoms with Crippen LogP contribution < -0.4 is 11.1 Å². The van der Waals surface area contributed by atoms with Crippen molar-refractivity contribution in [2.45, 2.75) is 19.8 Å². The first-order chi connectivity index (χ1) is 15.4. The summed E-state index contributed by atoms with van der Waals surface area (Å²) >= 11 is 1.30. The molecule has 0 aliphatic heterocycles. The highest BCUT2D eigenvalue weighted by atomic mass is 32.1. The van der Waals surface area contributed by atoms with E-state index in [2.05, 4.69) is 10.3 Å². The van der Waals surface area contributed by atoms with Crippen molar-refractivity contribution >= 4 is 28.2 Å². The van der Waals surface area contributed by atoms with Crippen LogP contribution in [0.15, 0.2) is 65.2 Å². The number of nitrogens with one attached hydrogen (secondary N) is 1. The number of oxazole rings is 1. The summed E-state index contributed by atoms with van der Waals surface area (Å²) in [4.78, 5) is 29.7. The molecule has 0 bridgehead atoms. The Balaban J connectivity index is 1.47. The van der Waals surface area contributed by atoms with Crippen LogP contribution in [0, 0.1) is 12.7 Å². The monoisotopic (exact) mass is 449 g/mol. The van der Waals surface area contributed by atoms with E-state index in [4.69, 9.17) is 10.2 Å². The van der Waals surface area contributed by atoms with E-state index in [0.717, 1.165) is 16.0 Å². The summed E-state index contributed by atoms with van der Waals surface area (Å²) < 4.78 is 19.5. The van der Waals surface area contributed by atoms with E-state index >= 15 is 0 Å². The van der Waals surface area contributed by atoms with Crippen LogP contribution >= 0.6 is 11.3 Å². The fourth-order valence-corrected chi connectivity index (χ4v) is 4.54. The van der Waals surface area contributed by atoms with E-state index in [1.54, 1.807) is 18.2 Å². The molecular formula is C24H20FN3O3S. The van der Waals surface area contributed by atoms with Crippen LogP contribution in [0.3, 0.4) is 0 Å². The second-order valence-electron chi connectivity index (χ2n) is 7.11. The van der Waals surface area contributed by atoms with Gasteiger partial charge in [0.15, 0.2) is 11.7 Å². The second-order valence-corrected chi connectivity index (χ2v) is 8.34. The molecule has 3 N–H and O–H groups in total. The number of primary amides is 1. The van der Waals surface area contributed by atoms with Gasteiger partial charge in [-0.2, -0.15) is 0 Å². The SMILES string of the molecule is Cc1sc(NC(=O)CCc2ncc(-c3ccccc3F)o2)c(C(N)=O)c1-c1ccccc1. The molecule has 2 heterocycles. The first kappa shape index (κ1) is 21.5. The number of amides is 2. The van der Waals surface area contributed by atoms with Gasteiger partial charge in [-0.05, 0) is 24.6 Å². The van der Waals surface area contributed by atoms with Gasteiger partial charge in [0.2, 0.25) is 5.91 Å². The number of anilines is 1. The Morgan fingerprint density at radius 1 is 1.12 bits per heavy atom. The highest BCUT2D eigenvalue weighted by Gasteiger charge is 2.23. The Hall–Kier alpha value is -3.78. The maximum Gasteiger partial charge on any atom is 0.252 e. The summed E-state index contributed by atoms with van der Waals surface area (Å²) in [6.45, 7) is 1.88. The zero-order chi connectivity index (χ0) is 22.7. The molecule has 8 heteroatoms. The summed E-state index contributed by atoms with van der Waals surface area (Å²) in [5, 5.41) is 3.21. The lowest BCUT2D eigenvalue weighted by molar-refractivity contribution is -0.116. The fraction of sp³-hybridized carbons (Fsp3) is 0.125. The van der Waals surface area contributed by atoms with Crippen LogP contribution in [-0.4, -0.2) is 16.8 Å². The van der Waals surface area contributed by atoms with Gasteiger partial charge in [-0.25, -0.2) is 9.37 Å². The Kier molecular flexibility index (Phi) is 6.13. The molecule has 32 heavy (non-hydrogen) atoms. The van der Waals surface area contributed by atoms with Crippen molar-refractivity contribution in [2.24, 2.45) is 5.73 Å². The van der Waals surface area contributed by atoms with Gasteiger partial charge < -0.3 is 15.5 Å². The number of halogens is 1.